The van der Waals surface area contributed by atoms with Crippen LogP contribution in [0.25, 0.3) is 0 Å². The van der Waals surface area contributed by atoms with Gasteiger partial charge in [0.25, 0.3) is 0 Å². The first-order chi connectivity index (χ1) is 14.1. The van der Waals surface area contributed by atoms with Crippen LogP contribution in [0.1, 0.15) is 29.8 Å². The molecule has 6 nitrogen and oxygen atoms in total. The van der Waals surface area contributed by atoms with E-state index < -0.39 is 6.10 Å². The van der Waals surface area contributed by atoms with E-state index in [1.54, 1.807) is 23.9 Å². The summed E-state index contributed by atoms with van der Waals surface area (Å²) in [6, 6.07) is 13.2. The Morgan fingerprint density at radius 3 is 2.66 bits per heavy atom. The molecule has 0 amide bonds. The lowest BCUT2D eigenvalue weighted by molar-refractivity contribution is 0.105. The summed E-state index contributed by atoms with van der Waals surface area (Å²) in [5.41, 5.74) is 2.58. The van der Waals surface area contributed by atoms with Crippen LogP contribution in [0.5, 0.6) is 11.5 Å². The van der Waals surface area contributed by atoms with E-state index in [2.05, 4.69) is 16.2 Å². The third kappa shape index (κ3) is 5.29. The average molecular weight is 412 g/mol. The van der Waals surface area contributed by atoms with Gasteiger partial charge in [-0.1, -0.05) is 40.9 Å². The van der Waals surface area contributed by atoms with Gasteiger partial charge in [0.15, 0.2) is 11.5 Å². The second-order valence-corrected chi connectivity index (χ2v) is 6.64. The summed E-state index contributed by atoms with van der Waals surface area (Å²) >= 11 is 5.99. The van der Waals surface area contributed by atoms with Crippen molar-refractivity contribution in [3.05, 3.63) is 70.5 Å². The average Bonchev–Trinajstić information content (AvgIpc) is 3.18. The number of nitrogens with zero attached hydrogens (tertiary/aromatic N) is 3. The van der Waals surface area contributed by atoms with Crippen molar-refractivity contribution in [2.24, 2.45) is 0 Å². The van der Waals surface area contributed by atoms with Crippen molar-refractivity contribution in [1.29, 1.82) is 0 Å². The minimum Gasteiger partial charge on any atom is -0.493 e. The van der Waals surface area contributed by atoms with E-state index >= 15 is 0 Å². The van der Waals surface area contributed by atoms with Crippen molar-refractivity contribution in [3.8, 4) is 23.8 Å². The molecule has 0 N–H and O–H groups in total. The summed E-state index contributed by atoms with van der Waals surface area (Å²) in [6.07, 6.45) is 6.79. The van der Waals surface area contributed by atoms with Crippen molar-refractivity contribution in [2.75, 3.05) is 20.3 Å². The standard InChI is InChI=1S/C22H22ClN3O3/c1-4-12-29-22(17-7-9-18(23)10-8-17)19-15-26(25-24-19)14-16-6-11-20(27-3)21(13-16)28-5-2/h1,6-11,13,15,22H,5,12,14H2,2-3H3. The number of benzene rings is 2. The van der Waals surface area contributed by atoms with Gasteiger partial charge >= 0.3 is 0 Å². The molecule has 1 heterocycles. The molecule has 1 aromatic heterocycles. The molecule has 0 aliphatic carbocycles. The third-order valence-electron chi connectivity index (χ3n) is 4.20. The topological polar surface area (TPSA) is 58.4 Å². The number of rotatable bonds is 9. The minimum atomic E-state index is -0.424. The van der Waals surface area contributed by atoms with Gasteiger partial charge in [0.05, 0.1) is 26.5 Å². The molecular formula is C22H22ClN3O3. The summed E-state index contributed by atoms with van der Waals surface area (Å²) in [5.74, 6) is 3.89. The second-order valence-electron chi connectivity index (χ2n) is 6.21. The monoisotopic (exact) mass is 411 g/mol. The molecule has 3 aromatic rings. The third-order valence-corrected chi connectivity index (χ3v) is 4.46. The maximum absolute atomic E-state index is 5.99. The number of aromatic nitrogens is 3. The second kappa shape index (κ2) is 9.97. The van der Waals surface area contributed by atoms with E-state index in [4.69, 9.17) is 32.2 Å². The molecular weight excluding hydrogens is 390 g/mol. The van der Waals surface area contributed by atoms with Gasteiger partial charge in [-0.2, -0.15) is 0 Å². The van der Waals surface area contributed by atoms with E-state index in [1.165, 1.54) is 0 Å². The Balaban J connectivity index is 1.82. The fourth-order valence-corrected chi connectivity index (χ4v) is 3.03. The predicted octanol–water partition coefficient (Wildman–Crippen LogP) is 4.13. The highest BCUT2D eigenvalue weighted by Gasteiger charge is 2.19. The molecule has 0 aliphatic rings. The van der Waals surface area contributed by atoms with Gasteiger partial charge in [0.2, 0.25) is 0 Å². The van der Waals surface area contributed by atoms with Crippen molar-refractivity contribution >= 4 is 11.6 Å². The van der Waals surface area contributed by atoms with E-state index in [1.807, 2.05) is 43.5 Å². The Labute approximate surface area is 175 Å². The predicted molar refractivity (Wildman–Crippen MR) is 111 cm³/mol. The van der Waals surface area contributed by atoms with Crippen molar-refractivity contribution in [1.82, 2.24) is 15.0 Å². The number of terminal acetylenes is 1. The highest BCUT2D eigenvalue weighted by atomic mass is 35.5. The van der Waals surface area contributed by atoms with Gasteiger partial charge in [0, 0.05) is 5.02 Å². The van der Waals surface area contributed by atoms with E-state index in [9.17, 15) is 0 Å². The molecule has 29 heavy (non-hydrogen) atoms. The van der Waals surface area contributed by atoms with E-state index in [0.29, 0.717) is 35.4 Å². The largest absolute Gasteiger partial charge is 0.493 e. The Morgan fingerprint density at radius 1 is 1.17 bits per heavy atom. The molecule has 3 rings (SSSR count). The van der Waals surface area contributed by atoms with E-state index in [0.717, 1.165) is 11.1 Å². The molecule has 0 radical (unpaired) electrons. The van der Waals surface area contributed by atoms with Crippen molar-refractivity contribution in [2.45, 2.75) is 19.6 Å². The van der Waals surface area contributed by atoms with Crippen LogP contribution in [0.3, 0.4) is 0 Å². The maximum atomic E-state index is 5.99. The number of methoxy groups -OCH3 is 1. The Hall–Kier alpha value is -3.01. The first-order valence-electron chi connectivity index (χ1n) is 9.14. The van der Waals surface area contributed by atoms with Gasteiger partial charge in [-0.05, 0) is 42.3 Å². The van der Waals surface area contributed by atoms with Crippen LogP contribution in [-0.2, 0) is 11.3 Å². The highest BCUT2D eigenvalue weighted by Crippen LogP contribution is 2.29. The molecule has 0 aliphatic heterocycles. The van der Waals surface area contributed by atoms with Crippen molar-refractivity contribution in [3.63, 3.8) is 0 Å². The van der Waals surface area contributed by atoms with Gasteiger partial charge in [-0.15, -0.1) is 11.5 Å². The summed E-state index contributed by atoms with van der Waals surface area (Å²) < 4.78 is 18.5. The first-order valence-corrected chi connectivity index (χ1v) is 9.52. The SMILES string of the molecule is C#CCOC(c1ccc(Cl)cc1)c1cn(Cc2ccc(OC)c(OCC)c2)nn1. The zero-order valence-corrected chi connectivity index (χ0v) is 17.1. The zero-order chi connectivity index (χ0) is 20.6. The molecule has 0 saturated carbocycles. The Bertz CT molecular complexity index is 980. The molecule has 150 valence electrons. The lowest BCUT2D eigenvalue weighted by atomic mass is 10.1. The summed E-state index contributed by atoms with van der Waals surface area (Å²) in [4.78, 5) is 0. The van der Waals surface area contributed by atoms with Crippen LogP contribution in [0.4, 0.5) is 0 Å². The lowest BCUT2D eigenvalue weighted by Gasteiger charge is -2.14. The minimum absolute atomic E-state index is 0.163. The molecule has 1 atom stereocenters. The number of hydrogen-bond acceptors (Lipinski definition) is 5. The van der Waals surface area contributed by atoms with Crippen LogP contribution in [-0.4, -0.2) is 35.3 Å². The van der Waals surface area contributed by atoms with Gasteiger partial charge in [0.1, 0.15) is 18.4 Å². The van der Waals surface area contributed by atoms with Gasteiger partial charge in [-0.25, -0.2) is 4.68 Å². The molecule has 0 saturated heterocycles. The molecule has 0 bridgehead atoms. The van der Waals surface area contributed by atoms with Crippen LogP contribution >= 0.6 is 11.6 Å². The molecule has 2 aromatic carbocycles. The van der Waals surface area contributed by atoms with Crippen molar-refractivity contribution < 1.29 is 14.2 Å². The summed E-state index contributed by atoms with van der Waals surface area (Å²) in [7, 11) is 1.62. The van der Waals surface area contributed by atoms with E-state index in [-0.39, 0.29) is 6.61 Å². The fourth-order valence-electron chi connectivity index (χ4n) is 2.91. The smallest absolute Gasteiger partial charge is 0.161 e. The van der Waals surface area contributed by atoms with Crippen LogP contribution in [0.2, 0.25) is 5.02 Å². The summed E-state index contributed by atoms with van der Waals surface area (Å²) in [6.45, 7) is 3.18. The summed E-state index contributed by atoms with van der Waals surface area (Å²) in [5, 5.41) is 9.18. The zero-order valence-electron chi connectivity index (χ0n) is 16.3. The van der Waals surface area contributed by atoms with Gasteiger partial charge < -0.3 is 14.2 Å². The Kier molecular flexibility index (Phi) is 7.12. The lowest BCUT2D eigenvalue weighted by Crippen LogP contribution is -2.07. The molecule has 0 fully saturated rings. The molecule has 7 heteroatoms. The Morgan fingerprint density at radius 2 is 1.97 bits per heavy atom. The molecule has 0 spiro atoms. The number of hydrogen-bond donors (Lipinski definition) is 0. The van der Waals surface area contributed by atoms with Crippen LogP contribution in [0, 0.1) is 12.3 Å². The van der Waals surface area contributed by atoms with Crippen LogP contribution < -0.4 is 9.47 Å². The fraction of sp³-hybridized carbons (Fsp3) is 0.273. The quantitative estimate of drug-likeness (QED) is 0.495. The maximum Gasteiger partial charge on any atom is 0.161 e. The normalized spacial score (nSPS) is 11.7. The van der Waals surface area contributed by atoms with Gasteiger partial charge in [-0.3, -0.25) is 0 Å². The first kappa shape index (κ1) is 20.7. The molecule has 1 unspecified atom stereocenters. The number of halogens is 1. The van der Waals surface area contributed by atoms with Crippen LogP contribution in [0.15, 0.2) is 48.7 Å². The highest BCUT2D eigenvalue weighted by molar-refractivity contribution is 6.30. The number of ether oxygens (including phenoxy) is 3.